The highest BCUT2D eigenvalue weighted by Gasteiger charge is 2.42. The topological polar surface area (TPSA) is 60.3 Å². The summed E-state index contributed by atoms with van der Waals surface area (Å²) < 4.78 is 34.7. The largest absolute Gasteiger partial charge is 0.481 e. The van der Waals surface area contributed by atoms with Crippen LogP contribution >= 0.6 is 0 Å². The molecule has 0 aliphatic carbocycles. The quantitative estimate of drug-likeness (QED) is 0.492. The highest BCUT2D eigenvalue weighted by molar-refractivity contribution is 5.89. The Hall–Kier alpha value is -4.00. The summed E-state index contributed by atoms with van der Waals surface area (Å²) in [6.45, 7) is 0. The third-order valence-electron chi connectivity index (χ3n) is 5.45. The van der Waals surface area contributed by atoms with Crippen molar-refractivity contribution in [3.8, 4) is 17.0 Å². The van der Waals surface area contributed by atoms with Crippen molar-refractivity contribution in [3.05, 3.63) is 107 Å². The van der Waals surface area contributed by atoms with E-state index in [4.69, 9.17) is 9.73 Å². The monoisotopic (exact) mass is 414 g/mol. The SMILES string of the molecule is COc1cc(C2(c3ccc(F)c(-c4cncnc4)c3)N=Cc3c(F)cccc32)ccn1. The summed E-state index contributed by atoms with van der Waals surface area (Å²) in [5.74, 6) is -0.388. The zero-order chi connectivity index (χ0) is 21.4. The van der Waals surface area contributed by atoms with Gasteiger partial charge in [-0.3, -0.25) is 4.99 Å². The van der Waals surface area contributed by atoms with Gasteiger partial charge in [-0.1, -0.05) is 18.2 Å². The molecule has 1 atom stereocenters. The van der Waals surface area contributed by atoms with Crippen molar-refractivity contribution < 1.29 is 13.5 Å². The lowest BCUT2D eigenvalue weighted by Gasteiger charge is -2.30. The van der Waals surface area contributed by atoms with Gasteiger partial charge < -0.3 is 4.74 Å². The van der Waals surface area contributed by atoms with Gasteiger partial charge in [0, 0.05) is 53.1 Å². The molecule has 152 valence electrons. The van der Waals surface area contributed by atoms with E-state index in [1.165, 1.54) is 31.8 Å². The number of ether oxygens (including phenoxy) is 1. The van der Waals surface area contributed by atoms with Gasteiger partial charge in [0.15, 0.2) is 0 Å². The van der Waals surface area contributed by atoms with Crippen LogP contribution in [0.4, 0.5) is 8.78 Å². The van der Waals surface area contributed by atoms with E-state index in [1.807, 2.05) is 6.07 Å². The smallest absolute Gasteiger partial charge is 0.213 e. The summed E-state index contributed by atoms with van der Waals surface area (Å²) >= 11 is 0. The van der Waals surface area contributed by atoms with Gasteiger partial charge in [-0.25, -0.2) is 23.7 Å². The Morgan fingerprint density at radius 1 is 0.903 bits per heavy atom. The average molecular weight is 414 g/mol. The molecular formula is C24H16F2N4O. The molecule has 2 aromatic heterocycles. The van der Waals surface area contributed by atoms with Crippen molar-refractivity contribution in [2.45, 2.75) is 5.54 Å². The van der Waals surface area contributed by atoms with Crippen molar-refractivity contribution in [3.63, 3.8) is 0 Å². The lowest BCUT2D eigenvalue weighted by atomic mass is 9.77. The fourth-order valence-electron chi connectivity index (χ4n) is 4.00. The van der Waals surface area contributed by atoms with Gasteiger partial charge in [0.25, 0.3) is 0 Å². The van der Waals surface area contributed by atoms with Gasteiger partial charge in [-0.2, -0.15) is 0 Å². The van der Waals surface area contributed by atoms with Crippen LogP contribution in [-0.4, -0.2) is 28.3 Å². The van der Waals surface area contributed by atoms with Crippen molar-refractivity contribution >= 4 is 6.21 Å². The van der Waals surface area contributed by atoms with Crippen LogP contribution in [0.1, 0.15) is 22.3 Å². The van der Waals surface area contributed by atoms with Crippen LogP contribution in [0.5, 0.6) is 5.88 Å². The molecule has 0 bridgehead atoms. The third-order valence-corrected chi connectivity index (χ3v) is 5.45. The number of nitrogens with zero attached hydrogens (tertiary/aromatic N) is 4. The molecule has 5 rings (SSSR count). The third kappa shape index (κ3) is 2.97. The molecule has 0 radical (unpaired) electrons. The van der Waals surface area contributed by atoms with Gasteiger partial charge >= 0.3 is 0 Å². The molecule has 0 N–H and O–H groups in total. The second-order valence-corrected chi connectivity index (χ2v) is 7.08. The molecule has 1 unspecified atom stereocenters. The highest BCUT2D eigenvalue weighted by Crippen LogP contribution is 2.46. The Bertz CT molecular complexity index is 1310. The number of methoxy groups -OCH3 is 1. The van der Waals surface area contributed by atoms with Gasteiger partial charge in [0.1, 0.15) is 23.5 Å². The maximum absolute atomic E-state index is 14.8. The Morgan fingerprint density at radius 2 is 1.71 bits per heavy atom. The van der Waals surface area contributed by atoms with Crippen molar-refractivity contribution in [2.75, 3.05) is 7.11 Å². The molecule has 1 aliphatic heterocycles. The molecule has 0 amide bonds. The zero-order valence-corrected chi connectivity index (χ0v) is 16.5. The Morgan fingerprint density at radius 3 is 2.52 bits per heavy atom. The number of aliphatic imine (C=N–C) groups is 1. The number of rotatable bonds is 4. The summed E-state index contributed by atoms with van der Waals surface area (Å²) in [5.41, 5.74) is 2.22. The van der Waals surface area contributed by atoms with E-state index in [2.05, 4.69) is 15.0 Å². The molecule has 4 aromatic rings. The average Bonchev–Trinajstić information content (AvgIpc) is 3.22. The van der Waals surface area contributed by atoms with E-state index in [9.17, 15) is 8.78 Å². The Balaban J connectivity index is 1.80. The molecule has 0 saturated heterocycles. The molecule has 0 fully saturated rings. The fourth-order valence-corrected chi connectivity index (χ4v) is 4.00. The summed E-state index contributed by atoms with van der Waals surface area (Å²) in [6.07, 6.45) is 7.60. The molecule has 2 aromatic carbocycles. The molecule has 7 heteroatoms. The number of halogens is 2. The fraction of sp³-hybridized carbons (Fsp3) is 0.0833. The molecule has 3 heterocycles. The van der Waals surface area contributed by atoms with Gasteiger partial charge in [0.2, 0.25) is 5.88 Å². The summed E-state index contributed by atoms with van der Waals surface area (Å²) in [7, 11) is 1.52. The second-order valence-electron chi connectivity index (χ2n) is 7.08. The second kappa shape index (κ2) is 7.36. The predicted molar refractivity (Wildman–Crippen MR) is 112 cm³/mol. The lowest BCUT2D eigenvalue weighted by Crippen LogP contribution is -2.25. The van der Waals surface area contributed by atoms with Crippen LogP contribution in [-0.2, 0) is 5.54 Å². The first-order valence-electron chi connectivity index (χ1n) is 9.53. The Kier molecular flexibility index (Phi) is 4.51. The first-order valence-corrected chi connectivity index (χ1v) is 9.53. The maximum Gasteiger partial charge on any atom is 0.213 e. The zero-order valence-electron chi connectivity index (χ0n) is 16.5. The molecule has 0 saturated carbocycles. The van der Waals surface area contributed by atoms with Crippen molar-refractivity contribution in [2.24, 2.45) is 4.99 Å². The minimum atomic E-state index is -1.09. The van der Waals surface area contributed by atoms with E-state index in [0.29, 0.717) is 33.7 Å². The number of hydrogen-bond donors (Lipinski definition) is 0. The maximum atomic E-state index is 14.8. The summed E-state index contributed by atoms with van der Waals surface area (Å²) in [5, 5.41) is 0. The van der Waals surface area contributed by atoms with Gasteiger partial charge in [0.05, 0.1) is 7.11 Å². The molecule has 0 spiro atoms. The van der Waals surface area contributed by atoms with E-state index >= 15 is 0 Å². The number of hydrogen-bond acceptors (Lipinski definition) is 5. The Labute approximate surface area is 177 Å². The molecule has 31 heavy (non-hydrogen) atoms. The van der Waals surface area contributed by atoms with Crippen LogP contribution in [0.15, 0.2) is 78.4 Å². The van der Waals surface area contributed by atoms with Crippen molar-refractivity contribution in [1.82, 2.24) is 15.0 Å². The van der Waals surface area contributed by atoms with Crippen LogP contribution in [0, 0.1) is 11.6 Å². The lowest BCUT2D eigenvalue weighted by molar-refractivity contribution is 0.396. The summed E-state index contributed by atoms with van der Waals surface area (Å²) in [6, 6.07) is 13.2. The number of aromatic nitrogens is 3. The first kappa shape index (κ1) is 19.0. The van der Waals surface area contributed by atoms with Gasteiger partial charge in [-0.15, -0.1) is 0 Å². The summed E-state index contributed by atoms with van der Waals surface area (Å²) in [4.78, 5) is 16.9. The highest BCUT2D eigenvalue weighted by atomic mass is 19.1. The van der Waals surface area contributed by atoms with Crippen LogP contribution < -0.4 is 4.74 Å². The van der Waals surface area contributed by atoms with Crippen molar-refractivity contribution in [1.29, 1.82) is 0 Å². The predicted octanol–water partition coefficient (Wildman–Crippen LogP) is 4.55. The minimum Gasteiger partial charge on any atom is -0.481 e. The number of fused-ring (bicyclic) bond motifs is 1. The van der Waals surface area contributed by atoms with Crippen LogP contribution in [0.3, 0.4) is 0 Å². The minimum absolute atomic E-state index is 0.332. The first-order chi connectivity index (χ1) is 15.1. The van der Waals surface area contributed by atoms with E-state index in [1.54, 1.807) is 48.9 Å². The van der Waals surface area contributed by atoms with Crippen LogP contribution in [0.2, 0.25) is 0 Å². The standard InChI is InChI=1S/C24H16F2N4O/c1-31-23-10-17(7-8-29-23)24(20-3-2-4-21(25)19(20)13-30-24)16-5-6-22(26)18(9-16)15-11-27-14-28-12-15/h2-14H,1H3. The number of pyridine rings is 1. The molecule has 5 nitrogen and oxygen atoms in total. The van der Waals surface area contributed by atoms with Gasteiger partial charge in [-0.05, 0) is 35.4 Å². The van der Waals surface area contributed by atoms with E-state index < -0.39 is 11.4 Å². The normalized spacial score (nSPS) is 16.9. The van der Waals surface area contributed by atoms with E-state index in [0.717, 1.165) is 5.56 Å². The van der Waals surface area contributed by atoms with Crippen LogP contribution in [0.25, 0.3) is 11.1 Å². The number of benzene rings is 2. The molecule has 1 aliphatic rings. The molecular weight excluding hydrogens is 398 g/mol. The van der Waals surface area contributed by atoms with E-state index in [-0.39, 0.29) is 5.82 Å².